The number of amides is 1. The molecular weight excluding hydrogens is 344 g/mol. The van der Waals surface area contributed by atoms with Gasteiger partial charge in [-0.1, -0.05) is 23.5 Å². The summed E-state index contributed by atoms with van der Waals surface area (Å²) in [7, 11) is 0. The lowest BCUT2D eigenvalue weighted by Crippen LogP contribution is -2.23. The SMILES string of the molecule is CCOC(=O)Cn1c(=NC(=O)c2cccs2)sc2cc(C)ccc21. The van der Waals surface area contributed by atoms with Crippen molar-refractivity contribution in [3.8, 4) is 0 Å². The molecule has 0 bridgehead atoms. The molecule has 0 unspecified atom stereocenters. The number of hydrogen-bond acceptors (Lipinski definition) is 5. The lowest BCUT2D eigenvalue weighted by Gasteiger charge is -2.05. The van der Waals surface area contributed by atoms with Gasteiger partial charge in [-0.3, -0.25) is 9.59 Å². The van der Waals surface area contributed by atoms with E-state index in [9.17, 15) is 9.59 Å². The summed E-state index contributed by atoms with van der Waals surface area (Å²) >= 11 is 2.74. The van der Waals surface area contributed by atoms with Crippen molar-refractivity contribution in [3.05, 3.63) is 51.0 Å². The number of thiazole rings is 1. The van der Waals surface area contributed by atoms with Gasteiger partial charge in [0.1, 0.15) is 6.54 Å². The van der Waals surface area contributed by atoms with Gasteiger partial charge < -0.3 is 9.30 Å². The second-order valence-electron chi connectivity index (χ2n) is 5.14. The summed E-state index contributed by atoms with van der Waals surface area (Å²) < 4.78 is 7.76. The van der Waals surface area contributed by atoms with Gasteiger partial charge in [-0.2, -0.15) is 4.99 Å². The molecule has 3 rings (SSSR count). The smallest absolute Gasteiger partial charge is 0.326 e. The van der Waals surface area contributed by atoms with Crippen molar-refractivity contribution in [1.82, 2.24) is 4.57 Å². The highest BCUT2D eigenvalue weighted by Gasteiger charge is 2.13. The molecule has 0 N–H and O–H groups in total. The first-order valence-electron chi connectivity index (χ1n) is 7.46. The maximum Gasteiger partial charge on any atom is 0.326 e. The Bertz CT molecular complexity index is 952. The van der Waals surface area contributed by atoms with Crippen LogP contribution in [-0.4, -0.2) is 23.1 Å². The number of carbonyl (C=O) groups excluding carboxylic acids is 2. The van der Waals surface area contributed by atoms with Crippen molar-refractivity contribution in [2.45, 2.75) is 20.4 Å². The van der Waals surface area contributed by atoms with Gasteiger partial charge >= 0.3 is 5.97 Å². The number of esters is 1. The number of aromatic nitrogens is 1. The van der Waals surface area contributed by atoms with Crippen molar-refractivity contribution in [2.75, 3.05) is 6.61 Å². The zero-order valence-electron chi connectivity index (χ0n) is 13.3. The first-order chi connectivity index (χ1) is 11.6. The molecule has 0 aliphatic rings. The molecule has 0 fully saturated rings. The van der Waals surface area contributed by atoms with E-state index in [1.54, 1.807) is 17.6 Å². The van der Waals surface area contributed by atoms with Crippen LogP contribution in [0.5, 0.6) is 0 Å². The summed E-state index contributed by atoms with van der Waals surface area (Å²) in [4.78, 5) is 29.5. The second kappa shape index (κ2) is 7.11. The molecule has 0 aliphatic heterocycles. The number of aryl methyl sites for hydroxylation is 1. The predicted molar refractivity (Wildman–Crippen MR) is 95.4 cm³/mol. The Morgan fingerprint density at radius 3 is 2.83 bits per heavy atom. The Kier molecular flexibility index (Phi) is 4.92. The summed E-state index contributed by atoms with van der Waals surface area (Å²) in [6, 6.07) is 9.49. The number of ether oxygens (including phenoxy) is 1. The van der Waals surface area contributed by atoms with Crippen LogP contribution in [0.15, 0.2) is 40.7 Å². The lowest BCUT2D eigenvalue weighted by molar-refractivity contribution is -0.143. The molecule has 24 heavy (non-hydrogen) atoms. The van der Waals surface area contributed by atoms with E-state index in [0.29, 0.717) is 16.3 Å². The van der Waals surface area contributed by atoms with Crippen LogP contribution in [0.1, 0.15) is 22.2 Å². The molecule has 0 spiro atoms. The van der Waals surface area contributed by atoms with Crippen LogP contribution >= 0.6 is 22.7 Å². The van der Waals surface area contributed by atoms with Gasteiger partial charge in [0.15, 0.2) is 4.80 Å². The third-order valence-electron chi connectivity index (χ3n) is 3.36. The minimum atomic E-state index is -0.345. The van der Waals surface area contributed by atoms with Gasteiger partial charge in [0, 0.05) is 0 Å². The summed E-state index contributed by atoms with van der Waals surface area (Å²) in [5.41, 5.74) is 1.99. The monoisotopic (exact) mass is 360 g/mol. The molecular formula is C17H16N2O3S2. The number of rotatable bonds is 4. The number of nitrogens with zero attached hydrogens (tertiary/aromatic N) is 2. The molecule has 1 aromatic carbocycles. The molecule has 0 atom stereocenters. The van der Waals surface area contributed by atoms with Crippen LogP contribution in [-0.2, 0) is 16.1 Å². The van der Waals surface area contributed by atoms with Gasteiger partial charge in [-0.15, -0.1) is 11.3 Å². The lowest BCUT2D eigenvalue weighted by atomic mass is 10.2. The van der Waals surface area contributed by atoms with Crippen LogP contribution in [0.3, 0.4) is 0 Å². The Labute approximate surface area is 146 Å². The van der Waals surface area contributed by atoms with Crippen molar-refractivity contribution in [1.29, 1.82) is 0 Å². The van der Waals surface area contributed by atoms with Gasteiger partial charge in [0.2, 0.25) is 0 Å². The van der Waals surface area contributed by atoms with E-state index in [1.807, 2.05) is 36.6 Å². The van der Waals surface area contributed by atoms with E-state index in [4.69, 9.17) is 4.74 Å². The van der Waals surface area contributed by atoms with Crippen molar-refractivity contribution < 1.29 is 14.3 Å². The van der Waals surface area contributed by atoms with E-state index in [0.717, 1.165) is 15.8 Å². The van der Waals surface area contributed by atoms with E-state index >= 15 is 0 Å². The van der Waals surface area contributed by atoms with E-state index in [2.05, 4.69) is 4.99 Å². The number of carbonyl (C=O) groups is 2. The molecule has 124 valence electrons. The molecule has 0 aliphatic carbocycles. The number of benzene rings is 1. The molecule has 1 amide bonds. The first-order valence-corrected chi connectivity index (χ1v) is 9.16. The number of hydrogen-bond donors (Lipinski definition) is 0. The molecule has 3 aromatic rings. The van der Waals surface area contributed by atoms with Crippen LogP contribution < -0.4 is 4.80 Å². The van der Waals surface area contributed by atoms with E-state index in [-0.39, 0.29) is 18.4 Å². The summed E-state index contributed by atoms with van der Waals surface area (Å²) in [6.07, 6.45) is 0. The fourth-order valence-electron chi connectivity index (χ4n) is 2.30. The summed E-state index contributed by atoms with van der Waals surface area (Å²) in [5.74, 6) is -0.645. The largest absolute Gasteiger partial charge is 0.465 e. The fourth-order valence-corrected chi connectivity index (χ4v) is 4.03. The molecule has 5 nitrogen and oxygen atoms in total. The van der Waals surface area contributed by atoms with Crippen molar-refractivity contribution in [3.63, 3.8) is 0 Å². The van der Waals surface area contributed by atoms with Crippen LogP contribution in [0, 0.1) is 6.92 Å². The minimum absolute atomic E-state index is 0.0352. The summed E-state index contributed by atoms with van der Waals surface area (Å²) in [6.45, 7) is 4.13. The average molecular weight is 360 g/mol. The Morgan fingerprint density at radius 1 is 1.29 bits per heavy atom. The van der Waals surface area contributed by atoms with Gasteiger partial charge in [-0.25, -0.2) is 0 Å². The van der Waals surface area contributed by atoms with Crippen LogP contribution in [0.2, 0.25) is 0 Å². The average Bonchev–Trinajstić information content (AvgIpc) is 3.16. The van der Waals surface area contributed by atoms with Gasteiger partial charge in [0.05, 0.1) is 21.7 Å². The predicted octanol–water partition coefficient (Wildman–Crippen LogP) is 3.38. The maximum absolute atomic E-state index is 12.3. The van der Waals surface area contributed by atoms with Crippen molar-refractivity contribution in [2.24, 2.45) is 4.99 Å². The van der Waals surface area contributed by atoms with Crippen LogP contribution in [0.4, 0.5) is 0 Å². The standard InChI is InChI=1S/C17H16N2O3S2/c1-3-22-15(20)10-19-12-7-6-11(2)9-14(12)24-17(19)18-16(21)13-5-4-8-23-13/h4-9H,3,10H2,1-2H3. The highest BCUT2D eigenvalue weighted by Crippen LogP contribution is 2.19. The highest BCUT2D eigenvalue weighted by molar-refractivity contribution is 7.16. The van der Waals surface area contributed by atoms with Crippen LogP contribution in [0.25, 0.3) is 10.2 Å². The molecule has 0 radical (unpaired) electrons. The summed E-state index contributed by atoms with van der Waals surface area (Å²) in [5, 5.41) is 1.84. The Hall–Kier alpha value is -2.25. The molecule has 0 saturated carbocycles. The second-order valence-corrected chi connectivity index (χ2v) is 7.10. The van der Waals surface area contributed by atoms with Crippen molar-refractivity contribution >= 4 is 44.8 Å². The van der Waals surface area contributed by atoms with Gasteiger partial charge in [-0.05, 0) is 43.0 Å². The molecule has 2 heterocycles. The van der Waals surface area contributed by atoms with E-state index < -0.39 is 0 Å². The maximum atomic E-state index is 12.3. The topological polar surface area (TPSA) is 60.7 Å². The number of fused-ring (bicyclic) bond motifs is 1. The molecule has 0 saturated heterocycles. The zero-order valence-corrected chi connectivity index (χ0v) is 14.9. The minimum Gasteiger partial charge on any atom is -0.465 e. The third-order valence-corrected chi connectivity index (χ3v) is 5.26. The normalized spacial score (nSPS) is 11.8. The third kappa shape index (κ3) is 3.47. The molecule has 7 heteroatoms. The Balaban J connectivity index is 2.11. The Morgan fingerprint density at radius 2 is 2.12 bits per heavy atom. The van der Waals surface area contributed by atoms with Gasteiger partial charge in [0.25, 0.3) is 5.91 Å². The fraction of sp³-hybridized carbons (Fsp3) is 0.235. The highest BCUT2D eigenvalue weighted by atomic mass is 32.1. The number of thiophene rings is 1. The zero-order chi connectivity index (χ0) is 17.1. The molecule has 2 aromatic heterocycles. The first kappa shape index (κ1) is 16.6. The quantitative estimate of drug-likeness (QED) is 0.670. The van der Waals surface area contributed by atoms with E-state index in [1.165, 1.54) is 22.7 Å².